The minimum atomic E-state index is -0.413. The van der Waals surface area contributed by atoms with E-state index in [1.54, 1.807) is 7.11 Å². The van der Waals surface area contributed by atoms with Crippen molar-refractivity contribution >= 4 is 5.97 Å². The van der Waals surface area contributed by atoms with Gasteiger partial charge < -0.3 is 19.5 Å². The maximum absolute atomic E-state index is 11.1. The standard InChI is InChI=1S/C14H19NO4/c1-17-12-6-3-10(8-15-11-4-5-11)7-13(12)19-9-14(16)18-2/h3,6-7,11,15H,4-5,8-9H2,1-2H3. The van der Waals surface area contributed by atoms with Crippen LogP contribution >= 0.6 is 0 Å². The highest BCUT2D eigenvalue weighted by Crippen LogP contribution is 2.28. The van der Waals surface area contributed by atoms with Gasteiger partial charge in [0.15, 0.2) is 18.1 Å². The zero-order valence-corrected chi connectivity index (χ0v) is 11.3. The number of esters is 1. The Bertz CT molecular complexity index is 443. The molecule has 2 rings (SSSR count). The number of hydrogen-bond donors (Lipinski definition) is 1. The van der Waals surface area contributed by atoms with E-state index >= 15 is 0 Å². The van der Waals surface area contributed by atoms with Crippen LogP contribution in [-0.4, -0.2) is 32.8 Å². The third-order valence-corrected chi connectivity index (χ3v) is 2.97. The van der Waals surface area contributed by atoms with Crippen LogP contribution in [0.2, 0.25) is 0 Å². The van der Waals surface area contributed by atoms with Crippen LogP contribution in [-0.2, 0) is 16.1 Å². The van der Waals surface area contributed by atoms with Gasteiger partial charge in [0.05, 0.1) is 14.2 Å². The largest absolute Gasteiger partial charge is 0.493 e. The van der Waals surface area contributed by atoms with Gasteiger partial charge in [0.25, 0.3) is 0 Å². The van der Waals surface area contributed by atoms with E-state index in [4.69, 9.17) is 9.47 Å². The van der Waals surface area contributed by atoms with Crippen LogP contribution in [0.25, 0.3) is 0 Å². The molecule has 0 radical (unpaired) electrons. The Labute approximate surface area is 112 Å². The number of methoxy groups -OCH3 is 2. The Morgan fingerprint density at radius 3 is 2.74 bits per heavy atom. The van der Waals surface area contributed by atoms with E-state index in [0.717, 1.165) is 12.1 Å². The van der Waals surface area contributed by atoms with Crippen molar-refractivity contribution in [1.82, 2.24) is 5.32 Å². The highest BCUT2D eigenvalue weighted by atomic mass is 16.6. The van der Waals surface area contributed by atoms with E-state index in [-0.39, 0.29) is 6.61 Å². The lowest BCUT2D eigenvalue weighted by molar-refractivity contribution is -0.142. The first-order valence-corrected chi connectivity index (χ1v) is 6.33. The van der Waals surface area contributed by atoms with Crippen LogP contribution in [0.15, 0.2) is 18.2 Å². The van der Waals surface area contributed by atoms with Crippen molar-refractivity contribution in [2.75, 3.05) is 20.8 Å². The maximum atomic E-state index is 11.1. The number of nitrogens with one attached hydrogen (secondary N) is 1. The lowest BCUT2D eigenvalue weighted by atomic mass is 10.2. The van der Waals surface area contributed by atoms with Gasteiger partial charge in [-0.3, -0.25) is 0 Å². The SMILES string of the molecule is COC(=O)COc1cc(CNC2CC2)ccc1OC. The van der Waals surface area contributed by atoms with Gasteiger partial charge in [-0.25, -0.2) is 4.79 Å². The lowest BCUT2D eigenvalue weighted by Gasteiger charge is -2.12. The number of benzene rings is 1. The molecule has 0 unspecified atom stereocenters. The second kappa shape index (κ2) is 6.43. The zero-order valence-electron chi connectivity index (χ0n) is 11.3. The predicted molar refractivity (Wildman–Crippen MR) is 70.4 cm³/mol. The first-order chi connectivity index (χ1) is 9.22. The van der Waals surface area contributed by atoms with E-state index < -0.39 is 5.97 Å². The molecule has 5 nitrogen and oxygen atoms in total. The molecule has 1 aromatic rings. The molecule has 104 valence electrons. The summed E-state index contributed by atoms with van der Waals surface area (Å²) in [6.45, 7) is 0.676. The molecule has 0 amide bonds. The van der Waals surface area contributed by atoms with Crippen LogP contribution in [0.1, 0.15) is 18.4 Å². The summed E-state index contributed by atoms with van der Waals surface area (Å²) < 4.78 is 15.2. The number of hydrogen-bond acceptors (Lipinski definition) is 5. The molecule has 0 spiro atoms. The Hall–Kier alpha value is -1.75. The number of ether oxygens (including phenoxy) is 3. The van der Waals surface area contributed by atoms with Gasteiger partial charge in [-0.1, -0.05) is 6.07 Å². The van der Waals surface area contributed by atoms with Crippen molar-refractivity contribution < 1.29 is 19.0 Å². The molecule has 0 atom stereocenters. The van der Waals surface area contributed by atoms with Crippen molar-refractivity contribution in [2.24, 2.45) is 0 Å². The van der Waals surface area contributed by atoms with E-state index in [1.807, 2.05) is 18.2 Å². The van der Waals surface area contributed by atoms with Gasteiger partial charge in [0.1, 0.15) is 0 Å². The van der Waals surface area contributed by atoms with E-state index in [0.29, 0.717) is 17.5 Å². The monoisotopic (exact) mass is 265 g/mol. The molecule has 0 saturated heterocycles. The quantitative estimate of drug-likeness (QED) is 0.757. The van der Waals surface area contributed by atoms with Crippen molar-refractivity contribution in [3.63, 3.8) is 0 Å². The molecule has 0 aromatic heterocycles. The van der Waals surface area contributed by atoms with Gasteiger partial charge >= 0.3 is 5.97 Å². The van der Waals surface area contributed by atoms with Crippen molar-refractivity contribution in [3.8, 4) is 11.5 Å². The van der Waals surface area contributed by atoms with Crippen LogP contribution in [0.4, 0.5) is 0 Å². The molecule has 1 aliphatic rings. The third-order valence-electron chi connectivity index (χ3n) is 2.97. The van der Waals surface area contributed by atoms with Gasteiger partial charge in [-0.15, -0.1) is 0 Å². The summed E-state index contributed by atoms with van der Waals surface area (Å²) in [5, 5.41) is 3.43. The van der Waals surface area contributed by atoms with E-state index in [1.165, 1.54) is 20.0 Å². The molecule has 0 bridgehead atoms. The number of carbonyl (C=O) groups excluding carboxylic acids is 1. The van der Waals surface area contributed by atoms with Crippen molar-refractivity contribution in [2.45, 2.75) is 25.4 Å². The number of carbonyl (C=O) groups is 1. The summed E-state index contributed by atoms with van der Waals surface area (Å²) in [6, 6.07) is 6.37. The number of rotatable bonds is 7. The Morgan fingerprint density at radius 2 is 2.11 bits per heavy atom. The van der Waals surface area contributed by atoms with E-state index in [9.17, 15) is 4.79 Å². The highest BCUT2D eigenvalue weighted by Gasteiger charge is 2.20. The summed E-state index contributed by atoms with van der Waals surface area (Å²) in [5.74, 6) is 0.755. The van der Waals surface area contributed by atoms with Gasteiger partial charge in [-0.05, 0) is 30.5 Å². The summed E-state index contributed by atoms with van der Waals surface area (Å²) in [4.78, 5) is 11.1. The van der Waals surface area contributed by atoms with Gasteiger partial charge in [-0.2, -0.15) is 0 Å². The third kappa shape index (κ3) is 4.13. The predicted octanol–water partition coefficient (Wildman–Crippen LogP) is 1.50. The minimum Gasteiger partial charge on any atom is -0.493 e. The summed E-state index contributed by atoms with van der Waals surface area (Å²) in [7, 11) is 2.90. The molecule has 1 N–H and O–H groups in total. The van der Waals surface area contributed by atoms with Gasteiger partial charge in [0, 0.05) is 12.6 Å². The summed E-state index contributed by atoms with van der Waals surface area (Å²) in [5.41, 5.74) is 1.10. The first-order valence-electron chi connectivity index (χ1n) is 6.33. The fourth-order valence-electron chi connectivity index (χ4n) is 1.69. The topological polar surface area (TPSA) is 56.8 Å². The van der Waals surface area contributed by atoms with Crippen LogP contribution in [0, 0.1) is 0 Å². The average molecular weight is 265 g/mol. The lowest BCUT2D eigenvalue weighted by Crippen LogP contribution is -2.16. The van der Waals surface area contributed by atoms with Crippen LogP contribution in [0.5, 0.6) is 11.5 Å². The molecule has 1 aromatic carbocycles. The fourth-order valence-corrected chi connectivity index (χ4v) is 1.69. The summed E-state index contributed by atoms with van der Waals surface area (Å²) >= 11 is 0. The minimum absolute atomic E-state index is 0.119. The summed E-state index contributed by atoms with van der Waals surface area (Å²) in [6.07, 6.45) is 2.50. The van der Waals surface area contributed by atoms with Crippen molar-refractivity contribution in [3.05, 3.63) is 23.8 Å². The molecule has 1 saturated carbocycles. The Kier molecular flexibility index (Phi) is 4.63. The molecule has 5 heteroatoms. The molecule has 0 heterocycles. The first kappa shape index (κ1) is 13.7. The van der Waals surface area contributed by atoms with Gasteiger partial charge in [0.2, 0.25) is 0 Å². The van der Waals surface area contributed by atoms with Crippen molar-refractivity contribution in [1.29, 1.82) is 0 Å². The highest BCUT2D eigenvalue weighted by molar-refractivity contribution is 5.71. The van der Waals surface area contributed by atoms with Crippen LogP contribution < -0.4 is 14.8 Å². The molecule has 19 heavy (non-hydrogen) atoms. The molecule has 0 aliphatic heterocycles. The Balaban J connectivity index is 1.99. The van der Waals surface area contributed by atoms with E-state index in [2.05, 4.69) is 10.1 Å². The smallest absolute Gasteiger partial charge is 0.343 e. The second-order valence-corrected chi connectivity index (χ2v) is 4.51. The maximum Gasteiger partial charge on any atom is 0.343 e. The molecule has 1 aliphatic carbocycles. The molecular weight excluding hydrogens is 246 g/mol. The normalized spacial score (nSPS) is 14.0. The average Bonchev–Trinajstić information content (AvgIpc) is 3.26. The fraction of sp³-hybridized carbons (Fsp3) is 0.500. The zero-order chi connectivity index (χ0) is 13.7. The Morgan fingerprint density at radius 1 is 1.32 bits per heavy atom. The van der Waals surface area contributed by atoms with Crippen LogP contribution in [0.3, 0.4) is 0 Å². The molecule has 1 fully saturated rings. The second-order valence-electron chi connectivity index (χ2n) is 4.51. The molecular formula is C14H19NO4.